The number of carboxylic acid groups (broad SMARTS) is 1. The largest absolute Gasteiger partial charge is 0.478 e. The molecule has 2 N–H and O–H groups in total. The van der Waals surface area contributed by atoms with Crippen LogP contribution in [0.4, 0.5) is 5.69 Å². The molecule has 0 aliphatic carbocycles. The normalized spacial score (nSPS) is 19.2. The highest BCUT2D eigenvalue weighted by atomic mass is 16.4. The van der Waals surface area contributed by atoms with Crippen molar-refractivity contribution in [2.45, 2.75) is 26.2 Å². The SMILES string of the molecule is CC1CCCN(CCC(=O)Nc2cccc(C(=O)O)c2)C1. The first-order valence-electron chi connectivity index (χ1n) is 7.40. The van der Waals surface area contributed by atoms with Gasteiger partial charge in [0.15, 0.2) is 0 Å². The molecular weight excluding hydrogens is 268 g/mol. The Labute approximate surface area is 125 Å². The monoisotopic (exact) mass is 290 g/mol. The number of carboxylic acids is 1. The van der Waals surface area contributed by atoms with Crippen LogP contribution in [0.15, 0.2) is 24.3 Å². The summed E-state index contributed by atoms with van der Waals surface area (Å²) in [5.41, 5.74) is 0.713. The van der Waals surface area contributed by atoms with E-state index in [1.54, 1.807) is 12.1 Å². The first-order chi connectivity index (χ1) is 10.0. The minimum absolute atomic E-state index is 0.0734. The van der Waals surface area contributed by atoms with Gasteiger partial charge in [0.05, 0.1) is 5.56 Å². The number of likely N-dealkylation sites (tertiary alicyclic amines) is 1. The van der Waals surface area contributed by atoms with Crippen LogP contribution in [0.2, 0.25) is 0 Å². The molecule has 1 aliphatic rings. The van der Waals surface area contributed by atoms with Crippen LogP contribution in [0.5, 0.6) is 0 Å². The Morgan fingerprint density at radius 2 is 2.24 bits per heavy atom. The van der Waals surface area contributed by atoms with E-state index < -0.39 is 5.97 Å². The number of carbonyl (C=O) groups is 2. The highest BCUT2D eigenvalue weighted by Crippen LogP contribution is 2.16. The lowest BCUT2D eigenvalue weighted by molar-refractivity contribution is -0.116. The molecule has 2 rings (SSSR count). The molecule has 1 saturated heterocycles. The third-order valence-corrected chi connectivity index (χ3v) is 3.79. The third-order valence-electron chi connectivity index (χ3n) is 3.79. The van der Waals surface area contributed by atoms with Crippen LogP contribution < -0.4 is 5.32 Å². The number of nitrogens with one attached hydrogen (secondary N) is 1. The maximum Gasteiger partial charge on any atom is 0.335 e. The lowest BCUT2D eigenvalue weighted by atomic mass is 10.0. The Morgan fingerprint density at radius 1 is 1.43 bits per heavy atom. The minimum Gasteiger partial charge on any atom is -0.478 e. The molecule has 5 heteroatoms. The molecule has 5 nitrogen and oxygen atoms in total. The average Bonchev–Trinajstić information content (AvgIpc) is 2.45. The summed E-state index contributed by atoms with van der Waals surface area (Å²) in [6.07, 6.45) is 2.90. The van der Waals surface area contributed by atoms with Crippen LogP contribution in [-0.4, -0.2) is 41.5 Å². The zero-order valence-electron chi connectivity index (χ0n) is 12.3. The van der Waals surface area contributed by atoms with Gasteiger partial charge in [-0.2, -0.15) is 0 Å². The number of hydrogen-bond donors (Lipinski definition) is 2. The van der Waals surface area contributed by atoms with Gasteiger partial charge in [-0.05, 0) is 43.5 Å². The van der Waals surface area contributed by atoms with Crippen LogP contribution in [0, 0.1) is 5.92 Å². The van der Waals surface area contributed by atoms with E-state index in [2.05, 4.69) is 17.1 Å². The summed E-state index contributed by atoms with van der Waals surface area (Å²) < 4.78 is 0. The number of hydrogen-bond acceptors (Lipinski definition) is 3. The predicted molar refractivity (Wildman–Crippen MR) is 81.5 cm³/mol. The summed E-state index contributed by atoms with van der Waals surface area (Å²) in [5.74, 6) is -0.363. The van der Waals surface area contributed by atoms with Gasteiger partial charge in [-0.1, -0.05) is 13.0 Å². The molecule has 0 saturated carbocycles. The van der Waals surface area contributed by atoms with Crippen molar-refractivity contribution in [2.24, 2.45) is 5.92 Å². The van der Waals surface area contributed by atoms with Gasteiger partial charge in [-0.3, -0.25) is 4.79 Å². The zero-order chi connectivity index (χ0) is 15.2. The average molecular weight is 290 g/mol. The number of benzene rings is 1. The smallest absolute Gasteiger partial charge is 0.335 e. The molecule has 114 valence electrons. The summed E-state index contributed by atoms with van der Waals surface area (Å²) in [6, 6.07) is 6.31. The van der Waals surface area contributed by atoms with Crippen molar-refractivity contribution in [1.82, 2.24) is 4.90 Å². The number of carbonyl (C=O) groups excluding carboxylic acids is 1. The molecule has 1 amide bonds. The van der Waals surface area contributed by atoms with Gasteiger partial charge in [0, 0.05) is 25.2 Å². The highest BCUT2D eigenvalue weighted by Gasteiger charge is 2.16. The molecule has 21 heavy (non-hydrogen) atoms. The fourth-order valence-corrected chi connectivity index (χ4v) is 2.70. The summed E-state index contributed by atoms with van der Waals surface area (Å²) in [6.45, 7) is 5.12. The van der Waals surface area contributed by atoms with Crippen molar-refractivity contribution < 1.29 is 14.7 Å². The maximum atomic E-state index is 11.9. The van der Waals surface area contributed by atoms with E-state index in [0.29, 0.717) is 18.0 Å². The summed E-state index contributed by atoms with van der Waals surface area (Å²) >= 11 is 0. The lowest BCUT2D eigenvalue weighted by Crippen LogP contribution is -2.36. The Balaban J connectivity index is 1.81. The zero-order valence-corrected chi connectivity index (χ0v) is 12.3. The number of amides is 1. The molecule has 0 spiro atoms. The van der Waals surface area contributed by atoms with E-state index in [-0.39, 0.29) is 11.5 Å². The van der Waals surface area contributed by atoms with Crippen molar-refractivity contribution in [1.29, 1.82) is 0 Å². The molecule has 1 fully saturated rings. The van der Waals surface area contributed by atoms with Crippen molar-refractivity contribution >= 4 is 17.6 Å². The first-order valence-corrected chi connectivity index (χ1v) is 7.40. The fourth-order valence-electron chi connectivity index (χ4n) is 2.70. The summed E-state index contributed by atoms with van der Waals surface area (Å²) in [4.78, 5) is 25.1. The highest BCUT2D eigenvalue weighted by molar-refractivity contribution is 5.93. The first kappa shape index (κ1) is 15.5. The van der Waals surface area contributed by atoms with E-state index in [0.717, 1.165) is 19.6 Å². The second-order valence-electron chi connectivity index (χ2n) is 5.73. The van der Waals surface area contributed by atoms with Gasteiger partial charge in [0.25, 0.3) is 0 Å². The van der Waals surface area contributed by atoms with Gasteiger partial charge in [0.2, 0.25) is 5.91 Å². The standard InChI is InChI=1S/C16H22N2O3/c1-12-4-3-8-18(11-12)9-7-15(19)17-14-6-2-5-13(10-14)16(20)21/h2,5-6,10,12H,3-4,7-9,11H2,1H3,(H,17,19)(H,20,21). The van der Waals surface area contributed by atoms with Gasteiger partial charge < -0.3 is 15.3 Å². The molecule has 1 aromatic rings. The molecule has 1 aromatic carbocycles. The molecule has 1 unspecified atom stereocenters. The van der Waals surface area contributed by atoms with Crippen LogP contribution in [0.1, 0.15) is 36.5 Å². The molecule has 1 aliphatic heterocycles. The second-order valence-corrected chi connectivity index (χ2v) is 5.73. The molecule has 0 radical (unpaired) electrons. The van der Waals surface area contributed by atoms with Gasteiger partial charge in [0.1, 0.15) is 0 Å². The Bertz CT molecular complexity index is 516. The quantitative estimate of drug-likeness (QED) is 0.874. The number of rotatable bonds is 5. The van der Waals surface area contributed by atoms with Crippen LogP contribution >= 0.6 is 0 Å². The van der Waals surface area contributed by atoms with Gasteiger partial charge in [-0.25, -0.2) is 4.79 Å². The number of anilines is 1. The molecule has 0 bridgehead atoms. The van der Waals surface area contributed by atoms with Crippen LogP contribution in [0.25, 0.3) is 0 Å². The van der Waals surface area contributed by atoms with Crippen molar-refractivity contribution in [3.8, 4) is 0 Å². The lowest BCUT2D eigenvalue weighted by Gasteiger charge is -2.30. The second kappa shape index (κ2) is 7.22. The Kier molecular flexibility index (Phi) is 5.33. The van der Waals surface area contributed by atoms with Crippen molar-refractivity contribution in [2.75, 3.05) is 25.0 Å². The minimum atomic E-state index is -0.992. The van der Waals surface area contributed by atoms with E-state index in [9.17, 15) is 9.59 Å². The van der Waals surface area contributed by atoms with Crippen molar-refractivity contribution in [3.05, 3.63) is 29.8 Å². The van der Waals surface area contributed by atoms with E-state index >= 15 is 0 Å². The number of aromatic carboxylic acids is 1. The van der Waals surface area contributed by atoms with Gasteiger partial charge in [-0.15, -0.1) is 0 Å². The van der Waals surface area contributed by atoms with Crippen LogP contribution in [-0.2, 0) is 4.79 Å². The summed E-state index contributed by atoms with van der Waals surface area (Å²) in [5, 5.41) is 11.7. The number of piperidine rings is 1. The fraction of sp³-hybridized carbons (Fsp3) is 0.500. The predicted octanol–water partition coefficient (Wildman–Crippen LogP) is 2.45. The van der Waals surface area contributed by atoms with E-state index in [4.69, 9.17) is 5.11 Å². The Hall–Kier alpha value is -1.88. The Morgan fingerprint density at radius 3 is 2.95 bits per heavy atom. The van der Waals surface area contributed by atoms with Crippen LogP contribution in [0.3, 0.4) is 0 Å². The van der Waals surface area contributed by atoms with E-state index in [1.807, 2.05) is 0 Å². The molecule has 1 heterocycles. The van der Waals surface area contributed by atoms with Crippen molar-refractivity contribution in [3.63, 3.8) is 0 Å². The summed E-state index contributed by atoms with van der Waals surface area (Å²) in [7, 11) is 0. The molecule has 1 atom stereocenters. The van der Waals surface area contributed by atoms with Gasteiger partial charge >= 0.3 is 5.97 Å². The maximum absolute atomic E-state index is 11.9. The number of nitrogens with zero attached hydrogens (tertiary/aromatic N) is 1. The molecule has 0 aromatic heterocycles. The van der Waals surface area contributed by atoms with E-state index in [1.165, 1.54) is 25.0 Å². The molecular formula is C16H22N2O3. The topological polar surface area (TPSA) is 69.6 Å². The third kappa shape index (κ3) is 4.86.